The fourth-order valence-electron chi connectivity index (χ4n) is 3.13. The molecule has 2 amide bonds. The lowest BCUT2D eigenvalue weighted by Gasteiger charge is -2.12. The lowest BCUT2D eigenvalue weighted by molar-refractivity contribution is 0.0469. The zero-order valence-corrected chi connectivity index (χ0v) is 16.5. The van der Waals surface area contributed by atoms with Crippen molar-refractivity contribution in [2.24, 2.45) is 0 Å². The first-order chi connectivity index (χ1) is 14.1. The van der Waals surface area contributed by atoms with E-state index in [-0.39, 0.29) is 30.2 Å². The summed E-state index contributed by atoms with van der Waals surface area (Å²) in [6.07, 6.45) is 0.552. The quantitative estimate of drug-likeness (QED) is 0.367. The van der Waals surface area contributed by atoms with Crippen molar-refractivity contribution in [1.29, 1.82) is 0 Å². The molecule has 0 bridgehead atoms. The van der Waals surface area contributed by atoms with Gasteiger partial charge in [-0.25, -0.2) is 4.79 Å². The number of benzene rings is 2. The Bertz CT molecular complexity index is 923. The minimum atomic E-state index is -0.572. The summed E-state index contributed by atoms with van der Waals surface area (Å²) in [7, 11) is 1.56. The monoisotopic (exact) mass is 397 g/mol. The molecule has 0 saturated heterocycles. The predicted molar refractivity (Wildman–Crippen MR) is 105 cm³/mol. The number of amides is 2. The Morgan fingerprint density at radius 1 is 1.03 bits per heavy atom. The Labute approximate surface area is 169 Å². The van der Waals surface area contributed by atoms with E-state index in [1.165, 1.54) is 23.1 Å². The fraction of sp³-hybridized carbons (Fsp3) is 0.318. The number of esters is 1. The molecule has 2 aromatic rings. The van der Waals surface area contributed by atoms with Gasteiger partial charge in [0.05, 0.1) is 23.3 Å². The molecule has 0 spiro atoms. The van der Waals surface area contributed by atoms with Gasteiger partial charge >= 0.3 is 5.97 Å². The molecule has 1 aliphatic heterocycles. The summed E-state index contributed by atoms with van der Waals surface area (Å²) in [5, 5.41) is 0. The Kier molecular flexibility index (Phi) is 6.61. The molecule has 1 aliphatic rings. The third-order valence-corrected chi connectivity index (χ3v) is 4.57. The molecule has 29 heavy (non-hydrogen) atoms. The van der Waals surface area contributed by atoms with Crippen molar-refractivity contribution in [2.45, 2.75) is 20.0 Å². The van der Waals surface area contributed by atoms with E-state index in [1.54, 1.807) is 7.11 Å². The number of carbonyl (C=O) groups excluding carboxylic acids is 3. The summed E-state index contributed by atoms with van der Waals surface area (Å²) in [6, 6.07) is 11.7. The number of para-hydroxylation sites is 1. The van der Waals surface area contributed by atoms with E-state index >= 15 is 0 Å². The van der Waals surface area contributed by atoms with E-state index in [1.807, 2.05) is 31.2 Å². The van der Waals surface area contributed by atoms with Crippen LogP contribution < -0.4 is 4.74 Å². The molecule has 3 rings (SSSR count). The largest absolute Gasteiger partial charge is 0.493 e. The van der Waals surface area contributed by atoms with Crippen molar-refractivity contribution in [3.8, 4) is 5.75 Å². The van der Waals surface area contributed by atoms with E-state index in [9.17, 15) is 14.4 Å². The molecule has 7 heteroatoms. The lowest BCUT2D eigenvalue weighted by Crippen LogP contribution is -2.31. The third-order valence-electron chi connectivity index (χ3n) is 4.57. The van der Waals surface area contributed by atoms with Gasteiger partial charge in [-0.2, -0.15) is 0 Å². The number of hydrogen-bond acceptors (Lipinski definition) is 6. The summed E-state index contributed by atoms with van der Waals surface area (Å²) in [5.41, 5.74) is 1.49. The average Bonchev–Trinajstić information content (AvgIpc) is 2.97. The molecular weight excluding hydrogens is 374 g/mol. The van der Waals surface area contributed by atoms with Crippen molar-refractivity contribution in [3.63, 3.8) is 0 Å². The first-order valence-electron chi connectivity index (χ1n) is 9.43. The van der Waals surface area contributed by atoms with Gasteiger partial charge < -0.3 is 14.2 Å². The second-order valence-corrected chi connectivity index (χ2v) is 6.49. The molecule has 0 fully saturated rings. The molecule has 0 radical (unpaired) electrons. The maximum atomic E-state index is 12.6. The van der Waals surface area contributed by atoms with Gasteiger partial charge in [0.1, 0.15) is 12.4 Å². The SMILES string of the molecule is CCOc1ccccc1COC(=O)c1ccc2c(c1)C(=O)N(CCCOC)C2=O. The van der Waals surface area contributed by atoms with Crippen LogP contribution in [0.5, 0.6) is 5.75 Å². The number of hydrogen-bond donors (Lipinski definition) is 0. The minimum Gasteiger partial charge on any atom is -0.493 e. The first-order valence-corrected chi connectivity index (χ1v) is 9.43. The Hall–Kier alpha value is -3.19. The van der Waals surface area contributed by atoms with Crippen molar-refractivity contribution in [3.05, 3.63) is 64.7 Å². The number of ether oxygens (including phenoxy) is 3. The van der Waals surface area contributed by atoms with E-state index in [4.69, 9.17) is 14.2 Å². The Balaban J connectivity index is 1.70. The summed E-state index contributed by atoms with van der Waals surface area (Å²) in [5.74, 6) is -0.675. The molecule has 152 valence electrons. The van der Waals surface area contributed by atoms with Gasteiger partial charge in [-0.1, -0.05) is 18.2 Å². The van der Waals surface area contributed by atoms with Crippen LogP contribution in [0.15, 0.2) is 42.5 Å². The lowest BCUT2D eigenvalue weighted by atomic mass is 10.1. The highest BCUT2D eigenvalue weighted by Crippen LogP contribution is 2.25. The number of imide groups is 1. The predicted octanol–water partition coefficient (Wildman–Crippen LogP) is 3.07. The molecule has 1 heterocycles. The maximum Gasteiger partial charge on any atom is 0.338 e. The first kappa shape index (κ1) is 20.5. The van der Waals surface area contributed by atoms with Crippen LogP contribution in [0.4, 0.5) is 0 Å². The summed E-state index contributed by atoms with van der Waals surface area (Å²) in [6.45, 7) is 3.15. The number of methoxy groups -OCH3 is 1. The minimum absolute atomic E-state index is 0.0438. The number of fused-ring (bicyclic) bond motifs is 1. The van der Waals surface area contributed by atoms with Gasteiger partial charge in [0.15, 0.2) is 0 Å². The Morgan fingerprint density at radius 3 is 2.55 bits per heavy atom. The molecular formula is C22H23NO6. The van der Waals surface area contributed by atoms with Crippen LogP contribution in [-0.4, -0.2) is 49.6 Å². The molecule has 0 aromatic heterocycles. The van der Waals surface area contributed by atoms with Gasteiger partial charge in [-0.05, 0) is 37.6 Å². The number of nitrogens with zero attached hydrogens (tertiary/aromatic N) is 1. The van der Waals surface area contributed by atoms with E-state index in [2.05, 4.69) is 0 Å². The van der Waals surface area contributed by atoms with Crippen LogP contribution in [0.1, 0.15) is 50.0 Å². The number of rotatable bonds is 9. The second-order valence-electron chi connectivity index (χ2n) is 6.49. The second kappa shape index (κ2) is 9.34. The normalized spacial score (nSPS) is 12.8. The van der Waals surface area contributed by atoms with E-state index in [0.29, 0.717) is 30.9 Å². The fourth-order valence-corrected chi connectivity index (χ4v) is 3.13. The average molecular weight is 397 g/mol. The van der Waals surface area contributed by atoms with Crippen LogP contribution in [0.3, 0.4) is 0 Å². The topological polar surface area (TPSA) is 82.1 Å². The van der Waals surface area contributed by atoms with E-state index < -0.39 is 11.9 Å². The molecule has 0 aliphatic carbocycles. The van der Waals surface area contributed by atoms with Gasteiger partial charge in [-0.15, -0.1) is 0 Å². The molecule has 0 atom stereocenters. The highest BCUT2D eigenvalue weighted by molar-refractivity contribution is 6.21. The van der Waals surface area contributed by atoms with Crippen molar-refractivity contribution in [2.75, 3.05) is 26.9 Å². The zero-order valence-electron chi connectivity index (χ0n) is 16.5. The van der Waals surface area contributed by atoms with Crippen LogP contribution in [0, 0.1) is 0 Å². The molecule has 0 N–H and O–H groups in total. The van der Waals surface area contributed by atoms with Crippen molar-refractivity contribution in [1.82, 2.24) is 4.90 Å². The highest BCUT2D eigenvalue weighted by Gasteiger charge is 2.35. The van der Waals surface area contributed by atoms with Crippen LogP contribution >= 0.6 is 0 Å². The van der Waals surface area contributed by atoms with Gasteiger partial charge in [0.25, 0.3) is 11.8 Å². The van der Waals surface area contributed by atoms with Crippen LogP contribution in [0.25, 0.3) is 0 Å². The van der Waals surface area contributed by atoms with Gasteiger partial charge in [0, 0.05) is 25.8 Å². The smallest absolute Gasteiger partial charge is 0.338 e. The summed E-state index contributed by atoms with van der Waals surface area (Å²) in [4.78, 5) is 38.7. The van der Waals surface area contributed by atoms with Crippen molar-refractivity contribution >= 4 is 17.8 Å². The van der Waals surface area contributed by atoms with Gasteiger partial charge in [0.2, 0.25) is 0 Å². The summed E-state index contributed by atoms with van der Waals surface area (Å²) < 4.78 is 15.9. The standard InChI is InChI=1S/C22H23NO6/c1-3-28-19-8-5-4-7-16(19)14-29-22(26)15-9-10-17-18(13-15)21(25)23(20(17)24)11-6-12-27-2/h4-5,7-10,13H,3,6,11-12,14H2,1-2H3. The van der Waals surface area contributed by atoms with Crippen LogP contribution in [-0.2, 0) is 16.1 Å². The summed E-state index contributed by atoms with van der Waals surface area (Å²) >= 11 is 0. The maximum absolute atomic E-state index is 12.6. The van der Waals surface area contributed by atoms with Gasteiger partial charge in [-0.3, -0.25) is 14.5 Å². The molecule has 0 unspecified atom stereocenters. The molecule has 2 aromatic carbocycles. The van der Waals surface area contributed by atoms with Crippen molar-refractivity contribution < 1.29 is 28.6 Å². The molecule has 0 saturated carbocycles. The van der Waals surface area contributed by atoms with Crippen LogP contribution in [0.2, 0.25) is 0 Å². The highest BCUT2D eigenvalue weighted by atomic mass is 16.5. The zero-order chi connectivity index (χ0) is 20.8. The third kappa shape index (κ3) is 4.46. The Morgan fingerprint density at radius 2 is 1.79 bits per heavy atom. The number of carbonyl (C=O) groups is 3. The van der Waals surface area contributed by atoms with E-state index in [0.717, 1.165) is 5.56 Å². The molecule has 7 nitrogen and oxygen atoms in total.